The zero-order valence-electron chi connectivity index (χ0n) is 14.1. The first-order valence-electron chi connectivity index (χ1n) is 8.13. The van der Waals surface area contributed by atoms with Crippen LogP contribution in [0.4, 0.5) is 0 Å². The lowest BCUT2D eigenvalue weighted by atomic mass is 10.1. The Bertz CT molecular complexity index is 715. The van der Waals surface area contributed by atoms with Crippen LogP contribution in [-0.2, 0) is 26.0 Å². The topological polar surface area (TPSA) is 83.6 Å². The van der Waals surface area contributed by atoms with Crippen molar-refractivity contribution >= 4 is 21.7 Å². The number of hydrogen-bond donors (Lipinski definition) is 1. The summed E-state index contributed by atoms with van der Waals surface area (Å²) in [5.74, 6) is -0.555. The van der Waals surface area contributed by atoms with Gasteiger partial charge in [0.25, 0.3) is 0 Å². The normalized spacial score (nSPS) is 19.0. The fourth-order valence-corrected chi connectivity index (χ4v) is 4.71. The standard InChI is InChI=1S/C17H24N2O4S/c1-3-19(15-7-8-24(22,23)12-15)17(21)10-16(20)18-11-14-6-4-5-13(2)9-14/h4-6,9,15H,3,7-8,10-12H2,1-2H3,(H,18,20). The predicted molar refractivity (Wildman–Crippen MR) is 92.1 cm³/mol. The van der Waals surface area contributed by atoms with Gasteiger partial charge in [-0.2, -0.15) is 0 Å². The number of aryl methyl sites for hydroxylation is 1. The van der Waals surface area contributed by atoms with Crippen LogP contribution in [0.2, 0.25) is 0 Å². The van der Waals surface area contributed by atoms with E-state index in [0.717, 1.165) is 11.1 Å². The number of sulfone groups is 1. The van der Waals surface area contributed by atoms with Gasteiger partial charge in [0.2, 0.25) is 11.8 Å². The summed E-state index contributed by atoms with van der Waals surface area (Å²) >= 11 is 0. The van der Waals surface area contributed by atoms with Crippen LogP contribution in [0.3, 0.4) is 0 Å². The Morgan fingerprint density at radius 2 is 2.08 bits per heavy atom. The molecular weight excluding hydrogens is 328 g/mol. The van der Waals surface area contributed by atoms with Crippen molar-refractivity contribution in [2.45, 2.75) is 39.3 Å². The van der Waals surface area contributed by atoms with E-state index in [0.29, 0.717) is 19.5 Å². The minimum atomic E-state index is -3.06. The van der Waals surface area contributed by atoms with Crippen molar-refractivity contribution in [3.63, 3.8) is 0 Å². The molecule has 1 aliphatic heterocycles. The number of nitrogens with zero attached hydrogens (tertiary/aromatic N) is 1. The summed E-state index contributed by atoms with van der Waals surface area (Å²) in [7, 11) is -3.06. The van der Waals surface area contributed by atoms with E-state index in [1.807, 2.05) is 31.2 Å². The number of carbonyl (C=O) groups excluding carboxylic acids is 2. The van der Waals surface area contributed by atoms with Crippen LogP contribution in [0, 0.1) is 6.92 Å². The first-order valence-corrected chi connectivity index (χ1v) is 9.95. The monoisotopic (exact) mass is 352 g/mol. The molecule has 1 atom stereocenters. The van der Waals surface area contributed by atoms with Gasteiger partial charge in [0.05, 0.1) is 11.5 Å². The van der Waals surface area contributed by atoms with Gasteiger partial charge in [-0.05, 0) is 25.8 Å². The molecule has 1 aromatic carbocycles. The minimum absolute atomic E-state index is 0.00249. The maximum Gasteiger partial charge on any atom is 0.232 e. The second-order valence-electron chi connectivity index (χ2n) is 6.18. The molecule has 0 radical (unpaired) electrons. The molecule has 24 heavy (non-hydrogen) atoms. The fraction of sp³-hybridized carbons (Fsp3) is 0.529. The molecule has 1 N–H and O–H groups in total. The SMILES string of the molecule is CCN(C(=O)CC(=O)NCc1cccc(C)c1)C1CCS(=O)(=O)C1. The largest absolute Gasteiger partial charge is 0.352 e. The molecule has 0 aromatic heterocycles. The molecule has 1 unspecified atom stereocenters. The second-order valence-corrected chi connectivity index (χ2v) is 8.41. The Hall–Kier alpha value is -1.89. The van der Waals surface area contributed by atoms with Crippen LogP contribution in [0.15, 0.2) is 24.3 Å². The van der Waals surface area contributed by atoms with Gasteiger partial charge in [-0.15, -0.1) is 0 Å². The molecule has 2 amide bonds. The molecule has 0 aliphatic carbocycles. The van der Waals surface area contributed by atoms with E-state index < -0.39 is 9.84 Å². The van der Waals surface area contributed by atoms with Gasteiger partial charge in [0.1, 0.15) is 6.42 Å². The molecule has 1 aliphatic rings. The van der Waals surface area contributed by atoms with Gasteiger partial charge in [-0.3, -0.25) is 9.59 Å². The molecule has 1 heterocycles. The van der Waals surface area contributed by atoms with Crippen molar-refractivity contribution in [1.29, 1.82) is 0 Å². The van der Waals surface area contributed by atoms with Crippen LogP contribution >= 0.6 is 0 Å². The maximum atomic E-state index is 12.3. The first-order chi connectivity index (χ1) is 11.3. The van der Waals surface area contributed by atoms with Gasteiger partial charge < -0.3 is 10.2 Å². The van der Waals surface area contributed by atoms with E-state index in [1.54, 1.807) is 6.92 Å². The minimum Gasteiger partial charge on any atom is -0.352 e. The Kier molecular flexibility index (Phi) is 5.99. The quantitative estimate of drug-likeness (QED) is 0.775. The summed E-state index contributed by atoms with van der Waals surface area (Å²) in [6, 6.07) is 7.48. The second kappa shape index (κ2) is 7.79. The van der Waals surface area contributed by atoms with E-state index in [2.05, 4.69) is 5.32 Å². The van der Waals surface area contributed by atoms with E-state index in [-0.39, 0.29) is 35.8 Å². The molecule has 0 bridgehead atoms. The molecule has 6 nitrogen and oxygen atoms in total. The molecule has 0 spiro atoms. The van der Waals surface area contributed by atoms with Crippen LogP contribution in [0.1, 0.15) is 30.9 Å². The zero-order chi connectivity index (χ0) is 17.7. The molecule has 1 aromatic rings. The van der Waals surface area contributed by atoms with E-state index >= 15 is 0 Å². The lowest BCUT2D eigenvalue weighted by Crippen LogP contribution is -2.43. The molecule has 7 heteroatoms. The van der Waals surface area contributed by atoms with Crippen LogP contribution in [0.25, 0.3) is 0 Å². The highest BCUT2D eigenvalue weighted by molar-refractivity contribution is 7.91. The van der Waals surface area contributed by atoms with Crippen molar-refractivity contribution in [2.24, 2.45) is 0 Å². The zero-order valence-corrected chi connectivity index (χ0v) is 14.9. The Morgan fingerprint density at radius 3 is 2.67 bits per heavy atom. The third-order valence-electron chi connectivity index (χ3n) is 4.19. The Balaban J connectivity index is 1.87. The predicted octanol–water partition coefficient (Wildman–Crippen LogP) is 1.04. The number of hydrogen-bond acceptors (Lipinski definition) is 4. The van der Waals surface area contributed by atoms with Gasteiger partial charge in [0.15, 0.2) is 9.84 Å². The van der Waals surface area contributed by atoms with Crippen LogP contribution in [-0.4, -0.2) is 49.2 Å². The Labute approximate surface area is 143 Å². The highest BCUT2D eigenvalue weighted by atomic mass is 32.2. The highest BCUT2D eigenvalue weighted by Crippen LogP contribution is 2.18. The van der Waals surface area contributed by atoms with Gasteiger partial charge in [0, 0.05) is 19.1 Å². The van der Waals surface area contributed by atoms with Crippen molar-refractivity contribution in [2.75, 3.05) is 18.1 Å². The van der Waals surface area contributed by atoms with Crippen molar-refractivity contribution < 1.29 is 18.0 Å². The molecular formula is C17H24N2O4S. The smallest absolute Gasteiger partial charge is 0.232 e. The number of benzene rings is 1. The molecule has 2 rings (SSSR count). The molecule has 0 saturated carbocycles. The van der Waals surface area contributed by atoms with E-state index in [4.69, 9.17) is 0 Å². The number of carbonyl (C=O) groups is 2. The maximum absolute atomic E-state index is 12.3. The lowest BCUT2D eigenvalue weighted by molar-refractivity contribution is -0.137. The summed E-state index contributed by atoms with van der Waals surface area (Å²) in [5, 5.41) is 2.74. The first kappa shape index (κ1) is 18.4. The molecule has 132 valence electrons. The summed E-state index contributed by atoms with van der Waals surface area (Å²) in [4.78, 5) is 25.8. The van der Waals surface area contributed by atoms with Crippen molar-refractivity contribution in [1.82, 2.24) is 10.2 Å². The van der Waals surface area contributed by atoms with E-state index in [1.165, 1.54) is 4.90 Å². The van der Waals surface area contributed by atoms with Gasteiger partial charge in [-0.25, -0.2) is 8.42 Å². The van der Waals surface area contributed by atoms with Crippen LogP contribution in [0.5, 0.6) is 0 Å². The summed E-state index contributed by atoms with van der Waals surface area (Å²) < 4.78 is 23.2. The molecule has 1 fully saturated rings. The van der Waals surface area contributed by atoms with Gasteiger partial charge in [-0.1, -0.05) is 29.8 Å². The average Bonchev–Trinajstić information content (AvgIpc) is 2.86. The third kappa shape index (κ3) is 5.06. The fourth-order valence-electron chi connectivity index (χ4n) is 2.98. The third-order valence-corrected chi connectivity index (χ3v) is 5.94. The highest BCUT2D eigenvalue weighted by Gasteiger charge is 2.34. The van der Waals surface area contributed by atoms with Gasteiger partial charge >= 0.3 is 0 Å². The van der Waals surface area contributed by atoms with Crippen molar-refractivity contribution in [3.05, 3.63) is 35.4 Å². The average molecular weight is 352 g/mol. The van der Waals surface area contributed by atoms with Crippen molar-refractivity contribution in [3.8, 4) is 0 Å². The number of amides is 2. The Morgan fingerprint density at radius 1 is 1.33 bits per heavy atom. The lowest BCUT2D eigenvalue weighted by Gasteiger charge is -2.26. The molecule has 1 saturated heterocycles. The van der Waals surface area contributed by atoms with Crippen LogP contribution < -0.4 is 5.32 Å². The summed E-state index contributed by atoms with van der Waals surface area (Å²) in [6.45, 7) is 4.55. The van der Waals surface area contributed by atoms with E-state index in [9.17, 15) is 18.0 Å². The summed E-state index contributed by atoms with van der Waals surface area (Å²) in [5.41, 5.74) is 2.09. The number of rotatable bonds is 6. The number of nitrogens with one attached hydrogen (secondary N) is 1. The summed E-state index contributed by atoms with van der Waals surface area (Å²) in [6.07, 6.45) is 0.197.